The zero-order valence-corrected chi connectivity index (χ0v) is 61.3. The summed E-state index contributed by atoms with van der Waals surface area (Å²) in [6.07, 6.45) is 0. The van der Waals surface area contributed by atoms with Crippen LogP contribution in [-0.2, 0) is 0 Å². The molecule has 3 heterocycles. The molecule has 16 aromatic carbocycles. The highest BCUT2D eigenvalue weighted by molar-refractivity contribution is 7.28. The van der Waals surface area contributed by atoms with E-state index in [9.17, 15) is 0 Å². The normalized spacial score (nSPS) is 12.1. The summed E-state index contributed by atoms with van der Waals surface area (Å²) in [7, 11) is -9.05. The van der Waals surface area contributed by atoms with Gasteiger partial charge in [0.15, 0.2) is 24.2 Å². The van der Waals surface area contributed by atoms with Crippen LogP contribution in [-0.4, -0.2) is 24.2 Å². The molecule has 6 heteroatoms. The minimum atomic E-state index is -3.15. The second-order valence-electron chi connectivity index (χ2n) is 26.8. The average molecular weight is 1400 g/mol. The van der Waals surface area contributed by atoms with Gasteiger partial charge in [0.1, 0.15) is 0 Å². The van der Waals surface area contributed by atoms with E-state index in [0.29, 0.717) is 0 Å². The van der Waals surface area contributed by atoms with Gasteiger partial charge in [-0.15, -0.1) is 34.0 Å². The van der Waals surface area contributed by atoms with E-state index in [4.69, 9.17) is 0 Å². The van der Waals surface area contributed by atoms with Crippen molar-refractivity contribution in [3.8, 4) is 33.4 Å². The van der Waals surface area contributed by atoms with Crippen LogP contribution >= 0.6 is 34.0 Å². The Balaban J connectivity index is 0.790. The number of thiophene rings is 3. The molecule has 0 atom stereocenters. The molecule has 0 spiro atoms. The minimum Gasteiger partial charge on any atom is -0.135 e. The van der Waals surface area contributed by atoms with Crippen molar-refractivity contribution in [3.63, 3.8) is 0 Å². The lowest BCUT2D eigenvalue weighted by Gasteiger charge is -2.35. The Morgan fingerprint density at radius 1 is 0.157 bits per heavy atom. The molecule has 0 bridgehead atoms. The van der Waals surface area contributed by atoms with Crippen LogP contribution in [0.1, 0.15) is 0 Å². The van der Waals surface area contributed by atoms with Crippen molar-refractivity contribution in [1.82, 2.24) is 0 Å². The van der Waals surface area contributed by atoms with E-state index >= 15 is 0 Å². The van der Waals surface area contributed by atoms with Crippen molar-refractivity contribution < 1.29 is 0 Å². The van der Waals surface area contributed by atoms with Crippen LogP contribution in [0, 0.1) is 0 Å². The molecule has 0 radical (unpaired) electrons. The molecule has 0 aliphatic heterocycles. The van der Waals surface area contributed by atoms with E-state index in [1.165, 1.54) is 156 Å². The number of rotatable bonds is 15. The summed E-state index contributed by atoms with van der Waals surface area (Å²) in [5.74, 6) is 0. The van der Waals surface area contributed by atoms with Crippen molar-refractivity contribution >= 4 is 181 Å². The molecule has 0 aliphatic rings. The van der Waals surface area contributed by atoms with Crippen LogP contribution in [0.3, 0.4) is 0 Å². The Bertz CT molecular complexity index is 6130. The molecule has 0 aliphatic carbocycles. The first-order valence-corrected chi connectivity index (χ1v) is 43.5. The number of hydrogen-bond donors (Lipinski definition) is 0. The smallest absolute Gasteiger partial charge is 0.135 e. The Kier molecular flexibility index (Phi) is 15.6. The van der Waals surface area contributed by atoms with Gasteiger partial charge < -0.3 is 0 Å². The maximum Gasteiger partial charge on any atom is 0.179 e. The Hall–Kier alpha value is -11.2. The molecule has 3 aromatic heterocycles. The average Bonchev–Trinajstić information content (AvgIpc) is 1.22. The van der Waals surface area contributed by atoms with Gasteiger partial charge in [0.05, 0.1) is 0 Å². The van der Waals surface area contributed by atoms with E-state index in [2.05, 4.69) is 400 Å². The van der Waals surface area contributed by atoms with Crippen molar-refractivity contribution in [2.24, 2.45) is 0 Å². The van der Waals surface area contributed by atoms with Crippen molar-refractivity contribution in [2.45, 2.75) is 0 Å². The van der Waals surface area contributed by atoms with Crippen LogP contribution in [0.15, 0.2) is 400 Å². The third kappa shape index (κ3) is 10.00. The maximum absolute atomic E-state index is 3.15. The summed E-state index contributed by atoms with van der Waals surface area (Å²) in [6.45, 7) is 0. The second kappa shape index (κ2) is 25.8. The van der Waals surface area contributed by atoms with Gasteiger partial charge >= 0.3 is 0 Å². The van der Waals surface area contributed by atoms with Crippen LogP contribution < -0.4 is 62.2 Å². The zero-order chi connectivity index (χ0) is 67.6. The van der Waals surface area contributed by atoms with Crippen molar-refractivity contribution in [1.29, 1.82) is 0 Å². The van der Waals surface area contributed by atoms with Gasteiger partial charge in [-0.05, 0) is 120 Å². The predicted molar refractivity (Wildman–Crippen MR) is 452 cm³/mol. The highest BCUT2D eigenvalue weighted by Crippen LogP contribution is 2.46. The molecular formula is C96H66S3Si3. The predicted octanol–water partition coefficient (Wildman–Crippen LogP) is 17.9. The highest BCUT2D eigenvalue weighted by Gasteiger charge is 2.45. The van der Waals surface area contributed by atoms with Crippen LogP contribution in [0.25, 0.3) is 93.9 Å². The third-order valence-corrected chi connectivity index (χ3v) is 39.4. The van der Waals surface area contributed by atoms with Crippen LogP contribution in [0.2, 0.25) is 0 Å². The molecule has 102 heavy (non-hydrogen) atoms. The first kappa shape index (κ1) is 61.9. The second-order valence-corrected chi connectivity index (χ2v) is 41.4. The Morgan fingerprint density at radius 3 is 0.863 bits per heavy atom. The fourth-order valence-electron chi connectivity index (χ4n) is 17.1. The lowest BCUT2D eigenvalue weighted by Crippen LogP contribution is -2.74. The lowest BCUT2D eigenvalue weighted by atomic mass is 9.95. The van der Waals surface area contributed by atoms with Gasteiger partial charge in [0, 0.05) is 60.5 Å². The molecule has 0 amide bonds. The molecule has 480 valence electrons. The molecular weight excluding hydrogens is 1330 g/mol. The largest absolute Gasteiger partial charge is 0.179 e. The summed E-state index contributed by atoms with van der Waals surface area (Å²) >= 11 is 5.73. The molecule has 0 fully saturated rings. The minimum absolute atomic E-state index is 1.21. The van der Waals surface area contributed by atoms with E-state index < -0.39 is 24.2 Å². The maximum atomic E-state index is 2.61. The van der Waals surface area contributed by atoms with Gasteiger partial charge in [-0.1, -0.05) is 376 Å². The lowest BCUT2D eigenvalue weighted by molar-refractivity contribution is 1.64. The highest BCUT2D eigenvalue weighted by atomic mass is 32.1. The van der Waals surface area contributed by atoms with Gasteiger partial charge in [-0.3, -0.25) is 0 Å². The van der Waals surface area contributed by atoms with Crippen LogP contribution in [0.5, 0.6) is 0 Å². The number of fused-ring (bicyclic) bond motifs is 9. The SMILES string of the molecule is c1ccc([Si](c2ccccc2)(c2cccc(-c3cccc4c3sc3ccccc34)c2)c2cccc(-c3ccc(-c4cccc([Si](c5ccccc5)(c5ccccc5)c5ccc6sc7ccc([Si](c8ccccc8)(c8ccccc8)c8ccccc8)cc7c6c5)c4)c4c3sc3ccccc34)c2)cc1. The number of hydrogen-bond acceptors (Lipinski definition) is 3. The Labute approximate surface area is 609 Å². The Morgan fingerprint density at radius 2 is 0.441 bits per heavy atom. The standard InChI is InChI=1S/C96H66S3Si3/c1-8-33-70(34-9-1)100(71-35-10-2-11-36-71,72-37-12-3-13-38-72)80-56-60-92-88(65-80)89-66-81(57-61-93(89)97-92)102(75-43-18-6-19-44-75,76-45-20-7-21-46-76)77-47-26-30-67(62-77)82-58-59-84(96-94(82)87-51-23-25-55-91(87)99-96)69-32-28-49-79(64-69)101(73-39-14-4-15-40-73,74-41-16-5-17-42-74)78-48-27-31-68(63-78)83-52-29-53-86-85-50-22-24-54-90(85)98-95(83)86/h1-66H. The molecule has 0 saturated heterocycles. The zero-order valence-electron chi connectivity index (χ0n) is 55.8. The quantitative estimate of drug-likeness (QED) is 0.0709. The fourth-order valence-corrected chi connectivity index (χ4v) is 35.1. The van der Waals surface area contributed by atoms with Crippen LogP contribution in [0.4, 0.5) is 0 Å². The van der Waals surface area contributed by atoms with Gasteiger partial charge in [-0.2, -0.15) is 0 Å². The van der Waals surface area contributed by atoms with Gasteiger partial charge in [0.25, 0.3) is 0 Å². The first-order chi connectivity index (χ1) is 50.6. The summed E-state index contributed by atoms with van der Waals surface area (Å²) in [5, 5.41) is 24.1. The summed E-state index contributed by atoms with van der Waals surface area (Å²) < 4.78 is 7.82. The van der Waals surface area contributed by atoms with E-state index in [0.717, 1.165) is 0 Å². The van der Waals surface area contributed by atoms with Gasteiger partial charge in [0.2, 0.25) is 0 Å². The summed E-state index contributed by atoms with van der Waals surface area (Å²) in [5.41, 5.74) is 7.44. The van der Waals surface area contributed by atoms with Crippen molar-refractivity contribution in [3.05, 3.63) is 400 Å². The van der Waals surface area contributed by atoms with E-state index in [1.54, 1.807) is 0 Å². The molecule has 19 aromatic rings. The molecule has 0 unspecified atom stereocenters. The number of benzene rings is 16. The molecule has 19 rings (SSSR count). The summed E-state index contributed by atoms with van der Waals surface area (Å²) in [4.78, 5) is 0. The fraction of sp³-hybridized carbons (Fsp3) is 0. The molecule has 0 saturated carbocycles. The van der Waals surface area contributed by atoms with Gasteiger partial charge in [-0.25, -0.2) is 0 Å². The topological polar surface area (TPSA) is 0 Å². The first-order valence-electron chi connectivity index (χ1n) is 35.1. The molecule has 0 N–H and O–H groups in total. The van der Waals surface area contributed by atoms with Crippen molar-refractivity contribution in [2.75, 3.05) is 0 Å². The monoisotopic (exact) mass is 1400 g/mol. The summed E-state index contributed by atoms with van der Waals surface area (Å²) in [6, 6.07) is 154. The van der Waals surface area contributed by atoms with E-state index in [-0.39, 0.29) is 0 Å². The third-order valence-electron chi connectivity index (χ3n) is 21.5. The molecule has 0 nitrogen and oxygen atoms in total. The van der Waals surface area contributed by atoms with E-state index in [1.807, 2.05) is 34.0 Å².